The van der Waals surface area contributed by atoms with Crippen molar-refractivity contribution in [3.05, 3.63) is 24.3 Å². The molecule has 0 radical (unpaired) electrons. The summed E-state index contributed by atoms with van der Waals surface area (Å²) < 4.78 is 10.7. The molecule has 2 aliphatic rings. The molecule has 1 aliphatic heterocycles. The Morgan fingerprint density at radius 2 is 1.86 bits per heavy atom. The quantitative estimate of drug-likeness (QED) is 0.404. The molecule has 1 aromatic rings. The van der Waals surface area contributed by atoms with Crippen molar-refractivity contribution in [1.82, 2.24) is 10.2 Å². The Kier molecular flexibility index (Phi) is 8.07. The summed E-state index contributed by atoms with van der Waals surface area (Å²) in [7, 11) is 0. The molecule has 35 heavy (non-hydrogen) atoms. The minimum absolute atomic E-state index is 0.177. The molecule has 2 N–H and O–H groups in total. The van der Waals surface area contributed by atoms with E-state index in [4.69, 9.17) is 9.47 Å². The molecule has 1 saturated carbocycles. The lowest BCUT2D eigenvalue weighted by atomic mass is 9.65. The Bertz CT molecular complexity index is 968. The number of hydrogen-bond donors (Lipinski definition) is 2. The molecule has 0 bridgehead atoms. The highest BCUT2D eigenvalue weighted by Gasteiger charge is 2.54. The molecule has 1 aliphatic carbocycles. The van der Waals surface area contributed by atoms with Gasteiger partial charge >= 0.3 is 12.0 Å². The average Bonchev–Trinajstić information content (AvgIpc) is 3.04. The molecule has 1 atom stereocenters. The lowest BCUT2D eigenvalue weighted by Crippen LogP contribution is -2.51. The number of imide groups is 1. The molecular weight excluding hydrogens is 450 g/mol. The Hall–Kier alpha value is -3.10. The first-order valence-corrected chi connectivity index (χ1v) is 12.4. The van der Waals surface area contributed by atoms with Crippen LogP contribution < -0.4 is 15.4 Å². The molecule has 192 valence electrons. The van der Waals surface area contributed by atoms with Crippen molar-refractivity contribution < 1.29 is 28.7 Å². The zero-order chi connectivity index (χ0) is 25.8. The van der Waals surface area contributed by atoms with Gasteiger partial charge in [-0.3, -0.25) is 19.3 Å². The number of para-hydroxylation sites is 2. The van der Waals surface area contributed by atoms with E-state index in [1.165, 1.54) is 6.92 Å². The molecule has 2 fully saturated rings. The van der Waals surface area contributed by atoms with Crippen LogP contribution in [0.15, 0.2) is 24.3 Å². The van der Waals surface area contributed by atoms with Crippen molar-refractivity contribution in [2.75, 3.05) is 18.5 Å². The molecule has 1 heterocycles. The van der Waals surface area contributed by atoms with Gasteiger partial charge in [0.05, 0.1) is 12.3 Å². The third-order valence-corrected chi connectivity index (χ3v) is 7.51. The third kappa shape index (κ3) is 5.77. The smallest absolute Gasteiger partial charge is 0.327 e. The van der Waals surface area contributed by atoms with Crippen molar-refractivity contribution in [1.29, 1.82) is 0 Å². The molecule has 3 rings (SSSR count). The number of urea groups is 1. The van der Waals surface area contributed by atoms with Gasteiger partial charge < -0.3 is 20.1 Å². The maximum Gasteiger partial charge on any atom is 0.327 e. The number of rotatable bonds is 9. The van der Waals surface area contributed by atoms with Crippen LogP contribution in [0.4, 0.5) is 10.5 Å². The van der Waals surface area contributed by atoms with Crippen LogP contribution in [0.5, 0.6) is 5.75 Å². The fourth-order valence-electron chi connectivity index (χ4n) is 4.84. The molecule has 4 amide bonds. The molecule has 1 aromatic carbocycles. The van der Waals surface area contributed by atoms with Crippen molar-refractivity contribution in [2.24, 2.45) is 11.3 Å². The van der Waals surface area contributed by atoms with E-state index < -0.39 is 42.0 Å². The summed E-state index contributed by atoms with van der Waals surface area (Å²) in [5.41, 5.74) is -0.319. The summed E-state index contributed by atoms with van der Waals surface area (Å²) in [5, 5.41) is 5.51. The number of carbonyl (C=O) groups is 4. The molecule has 1 saturated heterocycles. The predicted octanol–water partition coefficient (Wildman–Crippen LogP) is 3.87. The molecular formula is C26H37N3O6. The maximum absolute atomic E-state index is 13.2. The minimum Gasteiger partial charge on any atom is -0.492 e. The number of carbonyl (C=O) groups excluding carboxylic acids is 4. The summed E-state index contributed by atoms with van der Waals surface area (Å²) in [5.74, 6) is -0.782. The Balaban J connectivity index is 1.56. The van der Waals surface area contributed by atoms with Gasteiger partial charge in [0.1, 0.15) is 17.8 Å². The summed E-state index contributed by atoms with van der Waals surface area (Å²) >= 11 is 0. The summed E-state index contributed by atoms with van der Waals surface area (Å²) in [6.07, 6.45) is 2.70. The average molecular weight is 488 g/mol. The van der Waals surface area contributed by atoms with E-state index in [2.05, 4.69) is 31.4 Å². The standard InChI is InChI=1S/C26H37N3O6/c1-6-25(4,5)18-12-14-26(15-13-18)23(32)29(24(33)28-26)16-21(30)35-17(3)22(31)27-19-10-8-9-11-20(19)34-7-2/h8-11,17-18H,6-7,12-16H2,1-5H3,(H,27,31)(H,28,33). The van der Waals surface area contributed by atoms with E-state index in [-0.39, 0.29) is 5.41 Å². The van der Waals surface area contributed by atoms with Crippen LogP contribution in [-0.2, 0) is 19.1 Å². The zero-order valence-corrected chi connectivity index (χ0v) is 21.3. The van der Waals surface area contributed by atoms with E-state index in [0.717, 1.165) is 24.2 Å². The Morgan fingerprint density at radius 1 is 1.20 bits per heavy atom. The number of esters is 1. The highest BCUT2D eigenvalue weighted by molar-refractivity contribution is 6.09. The largest absolute Gasteiger partial charge is 0.492 e. The van der Waals surface area contributed by atoms with Crippen LogP contribution in [0.1, 0.15) is 66.7 Å². The van der Waals surface area contributed by atoms with Crippen LogP contribution in [0, 0.1) is 11.3 Å². The van der Waals surface area contributed by atoms with E-state index in [0.29, 0.717) is 36.8 Å². The van der Waals surface area contributed by atoms with Crippen LogP contribution in [-0.4, -0.2) is 53.5 Å². The second-order valence-electron chi connectivity index (χ2n) is 10.1. The van der Waals surface area contributed by atoms with Gasteiger partial charge in [-0.05, 0) is 63.0 Å². The lowest BCUT2D eigenvalue weighted by molar-refractivity contribution is -0.155. The SMILES string of the molecule is CCOc1ccccc1NC(=O)C(C)OC(=O)CN1C(=O)NC2(CCC(C(C)(C)CC)CC2)C1=O. The van der Waals surface area contributed by atoms with Crippen molar-refractivity contribution >= 4 is 29.5 Å². The van der Waals surface area contributed by atoms with Gasteiger partial charge in [-0.1, -0.05) is 39.3 Å². The molecule has 9 heteroatoms. The van der Waals surface area contributed by atoms with Crippen molar-refractivity contribution in [2.45, 2.75) is 78.4 Å². The van der Waals surface area contributed by atoms with E-state index in [9.17, 15) is 19.2 Å². The van der Waals surface area contributed by atoms with Gasteiger partial charge in [0, 0.05) is 0 Å². The first kappa shape index (κ1) is 26.5. The topological polar surface area (TPSA) is 114 Å². The van der Waals surface area contributed by atoms with E-state index in [1.54, 1.807) is 24.3 Å². The number of amides is 4. The minimum atomic E-state index is -1.13. The van der Waals surface area contributed by atoms with Crippen LogP contribution in [0.2, 0.25) is 0 Å². The zero-order valence-electron chi connectivity index (χ0n) is 21.3. The third-order valence-electron chi connectivity index (χ3n) is 7.51. The number of benzene rings is 1. The molecule has 1 unspecified atom stereocenters. The van der Waals surface area contributed by atoms with Crippen LogP contribution >= 0.6 is 0 Å². The summed E-state index contributed by atoms with van der Waals surface area (Å²) in [4.78, 5) is 51.7. The fourth-order valence-corrected chi connectivity index (χ4v) is 4.84. The van der Waals surface area contributed by atoms with Gasteiger partial charge in [-0.15, -0.1) is 0 Å². The monoisotopic (exact) mass is 487 g/mol. The molecule has 9 nitrogen and oxygen atoms in total. The van der Waals surface area contributed by atoms with Crippen LogP contribution in [0.25, 0.3) is 0 Å². The summed E-state index contributed by atoms with van der Waals surface area (Å²) in [6, 6.07) is 6.34. The van der Waals surface area contributed by atoms with Crippen LogP contribution in [0.3, 0.4) is 0 Å². The molecule has 0 aromatic heterocycles. The number of nitrogens with one attached hydrogen (secondary N) is 2. The van der Waals surface area contributed by atoms with Crippen molar-refractivity contribution in [3.63, 3.8) is 0 Å². The van der Waals surface area contributed by atoms with Gasteiger partial charge in [-0.2, -0.15) is 0 Å². The van der Waals surface area contributed by atoms with E-state index in [1.807, 2.05) is 6.92 Å². The van der Waals surface area contributed by atoms with Gasteiger partial charge in [0.25, 0.3) is 11.8 Å². The first-order valence-electron chi connectivity index (χ1n) is 12.4. The van der Waals surface area contributed by atoms with E-state index >= 15 is 0 Å². The maximum atomic E-state index is 13.2. The van der Waals surface area contributed by atoms with Gasteiger partial charge in [0.15, 0.2) is 6.10 Å². The number of ether oxygens (including phenoxy) is 2. The summed E-state index contributed by atoms with van der Waals surface area (Å²) in [6.45, 7) is 9.80. The Labute approximate surface area is 206 Å². The normalized spacial score (nSPS) is 23.1. The predicted molar refractivity (Wildman–Crippen MR) is 131 cm³/mol. The fraction of sp³-hybridized carbons (Fsp3) is 0.615. The highest BCUT2D eigenvalue weighted by Crippen LogP contribution is 2.45. The van der Waals surface area contributed by atoms with Gasteiger partial charge in [0.2, 0.25) is 0 Å². The second-order valence-corrected chi connectivity index (χ2v) is 10.1. The first-order chi connectivity index (χ1) is 16.5. The van der Waals surface area contributed by atoms with Gasteiger partial charge in [-0.25, -0.2) is 4.79 Å². The number of hydrogen-bond acceptors (Lipinski definition) is 6. The Morgan fingerprint density at radius 3 is 2.49 bits per heavy atom. The highest BCUT2D eigenvalue weighted by atomic mass is 16.5. The number of nitrogens with zero attached hydrogens (tertiary/aromatic N) is 1. The van der Waals surface area contributed by atoms with Crippen molar-refractivity contribution in [3.8, 4) is 5.75 Å². The number of anilines is 1. The lowest BCUT2D eigenvalue weighted by Gasteiger charge is -2.42. The molecule has 1 spiro atoms. The second kappa shape index (κ2) is 10.7.